The van der Waals surface area contributed by atoms with Crippen molar-refractivity contribution in [2.75, 3.05) is 12.4 Å². The van der Waals surface area contributed by atoms with Gasteiger partial charge in [-0.2, -0.15) is 13.2 Å². The van der Waals surface area contributed by atoms with Gasteiger partial charge < -0.3 is 15.2 Å². The number of nitrogens with one attached hydrogen (secondary N) is 1. The van der Waals surface area contributed by atoms with E-state index in [2.05, 4.69) is 4.74 Å². The molecule has 8 nitrogen and oxygen atoms in total. The second-order valence-electron chi connectivity index (χ2n) is 4.38. The standard InChI is InChI=1S/C12H11F3N2O6/c1-23-10(19)11(20,12(13,14)15)6-9(18)16-7-3-2-4-8(5-7)17(21)22/h2-5,20H,6H2,1H3,(H,16,18). The monoisotopic (exact) mass is 336 g/mol. The van der Waals surface area contributed by atoms with Crippen molar-refractivity contribution in [3.05, 3.63) is 34.4 Å². The Hall–Kier alpha value is -2.69. The van der Waals surface area contributed by atoms with Gasteiger partial charge in [-0.15, -0.1) is 0 Å². The van der Waals surface area contributed by atoms with Gasteiger partial charge >= 0.3 is 12.1 Å². The minimum Gasteiger partial charge on any atom is -0.467 e. The highest BCUT2D eigenvalue weighted by Gasteiger charge is 2.61. The van der Waals surface area contributed by atoms with E-state index < -0.39 is 40.7 Å². The van der Waals surface area contributed by atoms with Gasteiger partial charge in [0.1, 0.15) is 0 Å². The molecule has 0 bridgehead atoms. The van der Waals surface area contributed by atoms with E-state index in [9.17, 15) is 38.0 Å². The van der Waals surface area contributed by atoms with E-state index in [0.29, 0.717) is 7.11 Å². The third-order valence-corrected chi connectivity index (χ3v) is 2.75. The van der Waals surface area contributed by atoms with E-state index in [4.69, 9.17) is 0 Å². The van der Waals surface area contributed by atoms with Crippen molar-refractivity contribution in [3.8, 4) is 0 Å². The van der Waals surface area contributed by atoms with Gasteiger partial charge in [-0.25, -0.2) is 4.79 Å². The Balaban J connectivity index is 2.95. The van der Waals surface area contributed by atoms with Crippen LogP contribution in [0.15, 0.2) is 24.3 Å². The summed E-state index contributed by atoms with van der Waals surface area (Å²) in [6.45, 7) is 0. The number of nitro groups is 1. The SMILES string of the molecule is COC(=O)C(O)(CC(=O)Nc1cccc([N+](=O)[O-])c1)C(F)(F)F. The number of nitro benzene ring substituents is 1. The van der Waals surface area contributed by atoms with Crippen molar-refractivity contribution in [3.63, 3.8) is 0 Å². The van der Waals surface area contributed by atoms with Gasteiger partial charge in [0.2, 0.25) is 5.91 Å². The molecule has 126 valence electrons. The predicted molar refractivity (Wildman–Crippen MR) is 69.4 cm³/mol. The first kappa shape index (κ1) is 18.4. The fraction of sp³-hybridized carbons (Fsp3) is 0.333. The molecule has 1 amide bonds. The number of carbonyl (C=O) groups is 2. The highest BCUT2D eigenvalue weighted by atomic mass is 19.4. The summed E-state index contributed by atoms with van der Waals surface area (Å²) in [5.41, 5.74) is -4.59. The molecular formula is C12H11F3N2O6. The topological polar surface area (TPSA) is 119 Å². The Labute approximate surface area is 127 Å². The van der Waals surface area contributed by atoms with Crippen molar-refractivity contribution < 1.29 is 37.5 Å². The Kier molecular flexibility index (Phi) is 5.27. The van der Waals surface area contributed by atoms with Crippen LogP contribution in [0.3, 0.4) is 0 Å². The number of amides is 1. The number of alkyl halides is 3. The first-order valence-corrected chi connectivity index (χ1v) is 5.93. The molecule has 1 atom stereocenters. The molecule has 0 aliphatic carbocycles. The molecule has 0 fully saturated rings. The fourth-order valence-corrected chi connectivity index (χ4v) is 1.59. The number of methoxy groups -OCH3 is 1. The molecule has 0 spiro atoms. The largest absolute Gasteiger partial charge is 0.467 e. The molecule has 2 N–H and O–H groups in total. The molecule has 0 heterocycles. The molecule has 11 heteroatoms. The summed E-state index contributed by atoms with van der Waals surface area (Å²) < 4.78 is 42.2. The summed E-state index contributed by atoms with van der Waals surface area (Å²) in [6, 6.07) is 4.40. The number of benzene rings is 1. The van der Waals surface area contributed by atoms with Crippen LogP contribution in [-0.2, 0) is 14.3 Å². The number of ether oxygens (including phenoxy) is 1. The zero-order valence-electron chi connectivity index (χ0n) is 11.6. The zero-order valence-corrected chi connectivity index (χ0v) is 11.6. The summed E-state index contributed by atoms with van der Waals surface area (Å²) in [6.07, 6.45) is -7.11. The molecule has 0 saturated heterocycles. The van der Waals surface area contributed by atoms with Crippen molar-refractivity contribution in [1.82, 2.24) is 0 Å². The van der Waals surface area contributed by atoms with Crippen molar-refractivity contribution in [2.24, 2.45) is 0 Å². The number of nitrogens with zero attached hydrogens (tertiary/aromatic N) is 1. The van der Waals surface area contributed by atoms with Crippen LogP contribution in [0.25, 0.3) is 0 Å². The molecule has 1 rings (SSSR count). The van der Waals surface area contributed by atoms with Crippen LogP contribution in [0.5, 0.6) is 0 Å². The second-order valence-corrected chi connectivity index (χ2v) is 4.38. The van der Waals surface area contributed by atoms with E-state index in [-0.39, 0.29) is 5.69 Å². The third kappa shape index (κ3) is 4.16. The van der Waals surface area contributed by atoms with Gasteiger partial charge in [-0.05, 0) is 6.07 Å². The first-order chi connectivity index (χ1) is 10.5. The lowest BCUT2D eigenvalue weighted by Gasteiger charge is -2.26. The average molecular weight is 336 g/mol. The minimum absolute atomic E-state index is 0.168. The van der Waals surface area contributed by atoms with E-state index in [1.807, 2.05) is 5.32 Å². The Bertz CT molecular complexity index is 633. The lowest BCUT2D eigenvalue weighted by atomic mass is 9.98. The molecule has 1 aromatic carbocycles. The van der Waals surface area contributed by atoms with Crippen LogP contribution < -0.4 is 5.32 Å². The van der Waals surface area contributed by atoms with E-state index in [1.165, 1.54) is 12.1 Å². The Morgan fingerprint density at radius 2 is 2.00 bits per heavy atom. The number of rotatable bonds is 5. The lowest BCUT2D eigenvalue weighted by Crippen LogP contribution is -2.54. The molecule has 1 unspecified atom stereocenters. The number of hydrogen-bond donors (Lipinski definition) is 2. The number of halogens is 3. The van der Waals surface area contributed by atoms with E-state index in [1.54, 1.807) is 0 Å². The third-order valence-electron chi connectivity index (χ3n) is 2.75. The molecule has 0 aliphatic rings. The van der Waals surface area contributed by atoms with Crippen LogP contribution >= 0.6 is 0 Å². The van der Waals surface area contributed by atoms with Gasteiger partial charge in [0.25, 0.3) is 11.3 Å². The number of carbonyl (C=O) groups excluding carboxylic acids is 2. The molecule has 0 radical (unpaired) electrons. The van der Waals surface area contributed by atoms with Crippen molar-refractivity contribution in [2.45, 2.75) is 18.2 Å². The van der Waals surface area contributed by atoms with Crippen LogP contribution in [0.2, 0.25) is 0 Å². The summed E-state index contributed by atoms with van der Waals surface area (Å²) in [5, 5.41) is 21.9. The number of non-ortho nitro benzene ring substituents is 1. The first-order valence-electron chi connectivity index (χ1n) is 5.93. The predicted octanol–water partition coefficient (Wildman–Crippen LogP) is 1.39. The Morgan fingerprint density at radius 3 is 2.48 bits per heavy atom. The molecule has 0 saturated carbocycles. The Morgan fingerprint density at radius 1 is 1.39 bits per heavy atom. The summed E-state index contributed by atoms with van der Waals surface area (Å²) in [7, 11) is 0.623. The van der Waals surface area contributed by atoms with Crippen LogP contribution in [0.1, 0.15) is 6.42 Å². The highest BCUT2D eigenvalue weighted by molar-refractivity contribution is 5.96. The van der Waals surface area contributed by atoms with Crippen molar-refractivity contribution >= 4 is 23.3 Å². The van der Waals surface area contributed by atoms with Gasteiger partial charge in [-0.1, -0.05) is 6.07 Å². The maximum Gasteiger partial charge on any atom is 0.428 e. The lowest BCUT2D eigenvalue weighted by molar-refractivity contribution is -0.384. The van der Waals surface area contributed by atoms with Gasteiger partial charge in [-0.3, -0.25) is 14.9 Å². The molecular weight excluding hydrogens is 325 g/mol. The number of aliphatic hydroxyl groups is 1. The zero-order chi connectivity index (χ0) is 17.8. The number of hydrogen-bond acceptors (Lipinski definition) is 6. The quantitative estimate of drug-likeness (QED) is 0.476. The molecule has 0 aliphatic heterocycles. The molecule has 23 heavy (non-hydrogen) atoms. The van der Waals surface area contributed by atoms with Gasteiger partial charge in [0.15, 0.2) is 0 Å². The minimum atomic E-state index is -5.44. The maximum absolute atomic E-state index is 12.8. The highest BCUT2D eigenvalue weighted by Crippen LogP contribution is 2.34. The van der Waals surface area contributed by atoms with E-state index in [0.717, 1.165) is 12.1 Å². The van der Waals surface area contributed by atoms with Crippen LogP contribution in [0.4, 0.5) is 24.5 Å². The normalized spacial score (nSPS) is 13.8. The number of anilines is 1. The van der Waals surface area contributed by atoms with Crippen LogP contribution in [0, 0.1) is 10.1 Å². The number of esters is 1. The molecule has 1 aromatic rings. The smallest absolute Gasteiger partial charge is 0.428 e. The van der Waals surface area contributed by atoms with Gasteiger partial charge in [0.05, 0.1) is 18.5 Å². The average Bonchev–Trinajstić information content (AvgIpc) is 2.45. The summed E-state index contributed by atoms with van der Waals surface area (Å²) in [4.78, 5) is 32.6. The van der Waals surface area contributed by atoms with Crippen LogP contribution in [-0.4, -0.2) is 40.8 Å². The maximum atomic E-state index is 12.8. The second kappa shape index (κ2) is 6.60. The van der Waals surface area contributed by atoms with Gasteiger partial charge in [0, 0.05) is 17.8 Å². The summed E-state index contributed by atoms with van der Waals surface area (Å²) >= 11 is 0. The molecule has 0 aromatic heterocycles. The fourth-order valence-electron chi connectivity index (χ4n) is 1.59. The summed E-state index contributed by atoms with van der Waals surface area (Å²) in [5.74, 6) is -3.42. The van der Waals surface area contributed by atoms with Crippen molar-refractivity contribution in [1.29, 1.82) is 0 Å². The van der Waals surface area contributed by atoms with E-state index >= 15 is 0 Å².